The Kier molecular flexibility index (Phi) is 9.78. The first-order valence-corrected chi connectivity index (χ1v) is 15.7. The molecule has 264 valence electrons. The lowest BCUT2D eigenvalue weighted by molar-refractivity contribution is 0.0992. The summed E-state index contributed by atoms with van der Waals surface area (Å²) in [6, 6.07) is 10.8. The highest BCUT2D eigenvalue weighted by Crippen LogP contribution is 2.32. The maximum Gasteiger partial charge on any atom is 0.280 e. The Morgan fingerprint density at radius 1 is 0.902 bits per heavy atom. The van der Waals surface area contributed by atoms with Crippen molar-refractivity contribution >= 4 is 51.7 Å². The highest BCUT2D eigenvalue weighted by Gasteiger charge is 2.22. The number of nitrogens with zero attached hydrogens (tertiary/aromatic N) is 6. The number of aliphatic hydroxyl groups is 2. The molecule has 2 aromatic carbocycles. The van der Waals surface area contributed by atoms with Crippen LogP contribution in [0.4, 0.5) is 11.9 Å². The summed E-state index contributed by atoms with van der Waals surface area (Å²) in [5.41, 5.74) is 13.6. The second-order valence-electron chi connectivity index (χ2n) is 11.4. The number of carbonyl (C=O) groups is 3. The number of aliphatic hydroxyl groups excluding tert-OH is 2. The summed E-state index contributed by atoms with van der Waals surface area (Å²) in [7, 11) is 0. The smallest absolute Gasteiger partial charge is 0.280 e. The van der Waals surface area contributed by atoms with Crippen molar-refractivity contribution in [2.24, 2.45) is 11.5 Å². The minimum Gasteiger partial charge on any atom is -0.491 e. The van der Waals surface area contributed by atoms with E-state index >= 15 is 0 Å². The zero-order valence-electron chi connectivity index (χ0n) is 27.5. The predicted octanol–water partition coefficient (Wildman–Crippen LogP) is 2.55. The summed E-state index contributed by atoms with van der Waals surface area (Å²) < 4.78 is 19.6. The van der Waals surface area contributed by atoms with E-state index in [0.717, 1.165) is 0 Å². The standard InChI is InChI=1S/C33H34N10O8/c1-17-12-23(40-50-17)30(47)38-32-36-21-14-19(28(34)45)6-7-25(21)42(32)8-3-4-9-43-27-22(15-20(29(35)46)16-26(27)49-11-5-10-44)37-33(43)39-31(48)24-13-18(2)51-41-24/h3-4,6-7,12-16,31,44,48H,5,8-11H2,1-2H3,(H2,34,45)(H2,35,46)(H,37,39)(H,36,38,47)/b4-3+. The topological polar surface area (TPSA) is 265 Å². The number of allylic oxidation sites excluding steroid dienone is 2. The molecule has 51 heavy (non-hydrogen) atoms. The van der Waals surface area contributed by atoms with E-state index in [9.17, 15) is 24.6 Å². The van der Waals surface area contributed by atoms with Crippen LogP contribution in [0.1, 0.15) is 61.1 Å². The van der Waals surface area contributed by atoms with E-state index in [2.05, 4.69) is 30.9 Å². The van der Waals surface area contributed by atoms with Gasteiger partial charge in [0.2, 0.25) is 23.7 Å². The summed E-state index contributed by atoms with van der Waals surface area (Å²) in [5.74, 6) is -0.234. The Labute approximate surface area is 288 Å². The van der Waals surface area contributed by atoms with Gasteiger partial charge in [0.1, 0.15) is 28.5 Å². The third-order valence-electron chi connectivity index (χ3n) is 7.70. The van der Waals surface area contributed by atoms with E-state index in [1.54, 1.807) is 41.2 Å². The molecule has 3 amide bonds. The van der Waals surface area contributed by atoms with Crippen molar-refractivity contribution < 1.29 is 38.4 Å². The number of benzene rings is 2. The fourth-order valence-corrected chi connectivity index (χ4v) is 5.29. The quantitative estimate of drug-likeness (QED) is 0.0512. The number of aryl methyl sites for hydroxylation is 2. The molecule has 8 N–H and O–H groups in total. The van der Waals surface area contributed by atoms with Gasteiger partial charge in [0, 0.05) is 49.4 Å². The van der Waals surface area contributed by atoms with Crippen LogP contribution in [0.25, 0.3) is 22.1 Å². The maximum atomic E-state index is 13.0. The minimum absolute atomic E-state index is 0.0611. The molecule has 4 heterocycles. The second kappa shape index (κ2) is 14.5. The fraction of sp³-hybridized carbons (Fsp3) is 0.242. The average molecular weight is 699 g/mol. The zero-order valence-corrected chi connectivity index (χ0v) is 27.5. The molecule has 0 aliphatic heterocycles. The van der Waals surface area contributed by atoms with Crippen molar-refractivity contribution in [1.82, 2.24) is 29.4 Å². The summed E-state index contributed by atoms with van der Waals surface area (Å²) in [5, 5.41) is 33.6. The van der Waals surface area contributed by atoms with Crippen LogP contribution >= 0.6 is 0 Å². The maximum absolute atomic E-state index is 13.0. The molecule has 0 saturated heterocycles. The lowest BCUT2D eigenvalue weighted by Gasteiger charge is -2.14. The molecule has 0 spiro atoms. The minimum atomic E-state index is -1.31. The number of ether oxygens (including phenoxy) is 1. The highest BCUT2D eigenvalue weighted by atomic mass is 16.5. The molecule has 0 aliphatic rings. The molecular weight excluding hydrogens is 664 g/mol. The monoisotopic (exact) mass is 698 g/mol. The van der Waals surface area contributed by atoms with Crippen molar-refractivity contribution in [3.8, 4) is 5.75 Å². The Hall–Kier alpha value is -6.53. The van der Waals surface area contributed by atoms with Gasteiger partial charge in [-0.15, -0.1) is 0 Å². The van der Waals surface area contributed by atoms with E-state index in [4.69, 9.17) is 25.3 Å². The van der Waals surface area contributed by atoms with E-state index in [1.807, 2.05) is 12.2 Å². The number of fused-ring (bicyclic) bond motifs is 2. The van der Waals surface area contributed by atoms with Crippen LogP contribution in [0.3, 0.4) is 0 Å². The third kappa shape index (κ3) is 7.41. The normalized spacial score (nSPS) is 12.2. The molecule has 4 aromatic heterocycles. The molecule has 6 rings (SSSR count). The number of imidazole rings is 2. The van der Waals surface area contributed by atoms with Crippen LogP contribution in [0.5, 0.6) is 5.75 Å². The number of primary amides is 2. The first kappa shape index (κ1) is 34.3. The summed E-state index contributed by atoms with van der Waals surface area (Å²) >= 11 is 0. The molecule has 18 heteroatoms. The predicted molar refractivity (Wildman–Crippen MR) is 182 cm³/mol. The number of nitrogens with one attached hydrogen (secondary N) is 2. The van der Waals surface area contributed by atoms with Gasteiger partial charge in [-0.05, 0) is 44.2 Å². The Morgan fingerprint density at radius 3 is 2.25 bits per heavy atom. The first-order valence-electron chi connectivity index (χ1n) is 15.7. The Bertz CT molecular complexity index is 2280. The van der Waals surface area contributed by atoms with Gasteiger partial charge in [0.15, 0.2) is 11.9 Å². The van der Waals surface area contributed by atoms with Crippen molar-refractivity contribution in [3.63, 3.8) is 0 Å². The number of amides is 3. The van der Waals surface area contributed by atoms with Crippen molar-refractivity contribution in [2.45, 2.75) is 39.6 Å². The van der Waals surface area contributed by atoms with E-state index in [-0.39, 0.29) is 66.5 Å². The van der Waals surface area contributed by atoms with Gasteiger partial charge in [-0.3, -0.25) is 19.7 Å². The number of aromatic nitrogens is 6. The largest absolute Gasteiger partial charge is 0.491 e. The Morgan fingerprint density at radius 2 is 1.59 bits per heavy atom. The van der Waals surface area contributed by atoms with Crippen LogP contribution in [0.15, 0.2) is 63.7 Å². The van der Waals surface area contributed by atoms with Gasteiger partial charge in [-0.2, -0.15) is 0 Å². The van der Waals surface area contributed by atoms with Crippen molar-refractivity contribution in [2.75, 3.05) is 23.8 Å². The van der Waals surface area contributed by atoms with Gasteiger partial charge < -0.3 is 49.9 Å². The lowest BCUT2D eigenvalue weighted by Crippen LogP contribution is -2.16. The summed E-state index contributed by atoms with van der Waals surface area (Å²) in [4.78, 5) is 46.2. The van der Waals surface area contributed by atoms with Gasteiger partial charge in [-0.25, -0.2) is 9.97 Å². The lowest BCUT2D eigenvalue weighted by atomic mass is 10.1. The molecule has 18 nitrogen and oxygen atoms in total. The number of rotatable bonds is 15. The summed E-state index contributed by atoms with van der Waals surface area (Å²) in [6.07, 6.45) is 2.66. The average Bonchev–Trinajstić information content (AvgIpc) is 3.88. The van der Waals surface area contributed by atoms with Crippen LogP contribution in [0.2, 0.25) is 0 Å². The Balaban J connectivity index is 1.35. The van der Waals surface area contributed by atoms with Crippen molar-refractivity contribution in [3.05, 3.63) is 88.7 Å². The molecule has 0 bridgehead atoms. The zero-order chi connectivity index (χ0) is 36.2. The van der Waals surface area contributed by atoms with Crippen LogP contribution in [-0.4, -0.2) is 70.6 Å². The number of hydrogen-bond donors (Lipinski definition) is 6. The van der Waals surface area contributed by atoms with E-state index in [1.165, 1.54) is 24.3 Å². The van der Waals surface area contributed by atoms with Crippen LogP contribution in [-0.2, 0) is 13.1 Å². The van der Waals surface area contributed by atoms with Crippen LogP contribution < -0.4 is 26.8 Å². The summed E-state index contributed by atoms with van der Waals surface area (Å²) in [6.45, 7) is 3.78. The fourth-order valence-electron chi connectivity index (χ4n) is 5.29. The van der Waals surface area contributed by atoms with Crippen LogP contribution in [0, 0.1) is 13.8 Å². The van der Waals surface area contributed by atoms with E-state index in [0.29, 0.717) is 40.0 Å². The molecule has 1 atom stereocenters. The second-order valence-corrected chi connectivity index (χ2v) is 11.4. The van der Waals surface area contributed by atoms with Gasteiger partial charge in [-0.1, -0.05) is 22.5 Å². The number of carbonyl (C=O) groups excluding carboxylic acids is 3. The van der Waals surface area contributed by atoms with E-state index < -0.39 is 23.9 Å². The molecule has 0 aliphatic carbocycles. The SMILES string of the molecule is Cc1cc(C(=O)Nc2nc3cc(C(N)=O)ccc3n2C/C=C/Cn2c(NC(O)c3cc(C)on3)nc3cc(C(N)=O)cc(OCCCO)c32)no1. The van der Waals surface area contributed by atoms with Gasteiger partial charge >= 0.3 is 0 Å². The molecule has 0 radical (unpaired) electrons. The molecular formula is C33H34N10O8. The molecule has 1 unspecified atom stereocenters. The number of nitrogens with two attached hydrogens (primary N) is 2. The number of hydrogen-bond acceptors (Lipinski definition) is 13. The number of anilines is 2. The third-order valence-corrected chi connectivity index (χ3v) is 7.70. The first-order chi connectivity index (χ1) is 24.5. The molecule has 6 aromatic rings. The molecule has 0 saturated carbocycles. The highest BCUT2D eigenvalue weighted by molar-refractivity contribution is 6.03. The van der Waals surface area contributed by atoms with Gasteiger partial charge in [0.25, 0.3) is 5.91 Å². The van der Waals surface area contributed by atoms with Gasteiger partial charge in [0.05, 0.1) is 23.2 Å². The van der Waals surface area contributed by atoms with Crippen molar-refractivity contribution in [1.29, 1.82) is 0 Å². The molecule has 0 fully saturated rings.